The van der Waals surface area contributed by atoms with E-state index in [1.807, 2.05) is 68.8 Å². The number of aromatic nitrogens is 3. The molecule has 1 saturated heterocycles. The smallest absolute Gasteiger partial charge is 0.251 e. The van der Waals surface area contributed by atoms with E-state index < -0.39 is 5.41 Å². The quantitative estimate of drug-likeness (QED) is 0.352. The lowest BCUT2D eigenvalue weighted by Crippen LogP contribution is -2.39. The molecule has 1 aliphatic heterocycles. The second-order valence-corrected chi connectivity index (χ2v) is 10.6. The van der Waals surface area contributed by atoms with Crippen LogP contribution in [-0.4, -0.2) is 45.6 Å². The molecule has 1 atom stereocenters. The van der Waals surface area contributed by atoms with Gasteiger partial charge in [-0.2, -0.15) is 0 Å². The maximum Gasteiger partial charge on any atom is 0.251 e. The Morgan fingerprint density at radius 2 is 1.71 bits per heavy atom. The van der Waals surface area contributed by atoms with Crippen LogP contribution in [0.4, 0.5) is 11.5 Å². The van der Waals surface area contributed by atoms with E-state index in [1.54, 1.807) is 12.1 Å². The summed E-state index contributed by atoms with van der Waals surface area (Å²) in [5, 5.41) is 6.64. The molecule has 2 aromatic carbocycles. The number of fused-ring (bicyclic) bond motifs is 1. The minimum atomic E-state index is -0.494. The van der Waals surface area contributed by atoms with E-state index in [0.717, 1.165) is 46.5 Å². The highest BCUT2D eigenvalue weighted by Crippen LogP contribution is 2.41. The minimum Gasteiger partial charge on any atom is -0.383 e. The average molecular weight is 513 g/mol. The predicted molar refractivity (Wildman–Crippen MR) is 149 cm³/mol. The maximum atomic E-state index is 12.6. The van der Waals surface area contributed by atoms with E-state index in [2.05, 4.69) is 20.6 Å². The van der Waals surface area contributed by atoms with Crippen molar-refractivity contribution in [1.82, 2.24) is 19.9 Å². The molecule has 5 rings (SSSR count). The molecule has 4 aromatic rings. The molecule has 0 saturated carbocycles. The maximum absolute atomic E-state index is 12.6. The van der Waals surface area contributed by atoms with Gasteiger partial charge in [0, 0.05) is 42.4 Å². The van der Waals surface area contributed by atoms with Gasteiger partial charge in [0.2, 0.25) is 5.91 Å². The highest BCUT2D eigenvalue weighted by Gasteiger charge is 2.24. The van der Waals surface area contributed by atoms with Gasteiger partial charge in [-0.25, -0.2) is 9.97 Å². The normalized spacial score (nSPS) is 15.2. The van der Waals surface area contributed by atoms with Crippen LogP contribution in [0.3, 0.4) is 0 Å². The van der Waals surface area contributed by atoms with Crippen LogP contribution in [0, 0.1) is 5.41 Å². The summed E-state index contributed by atoms with van der Waals surface area (Å²) in [5.74, 6) is 0.187. The highest BCUT2D eigenvalue weighted by molar-refractivity contribution is 6.08. The zero-order valence-electron chi connectivity index (χ0n) is 22.0. The first-order valence-electron chi connectivity index (χ1n) is 12.6. The van der Waals surface area contributed by atoms with Crippen LogP contribution in [0.25, 0.3) is 33.4 Å². The fourth-order valence-electron chi connectivity index (χ4n) is 4.47. The third-order valence-electron chi connectivity index (χ3n) is 6.81. The van der Waals surface area contributed by atoms with E-state index in [-0.39, 0.29) is 17.9 Å². The number of hydrogen-bond donors (Lipinski definition) is 3. The Hall–Kier alpha value is -4.24. The van der Waals surface area contributed by atoms with Crippen molar-refractivity contribution < 1.29 is 14.3 Å². The van der Waals surface area contributed by atoms with Crippen molar-refractivity contribution in [3.8, 4) is 22.4 Å². The number of anilines is 2. The number of rotatable bonds is 6. The number of ether oxygens (including phenoxy) is 1. The first kappa shape index (κ1) is 25.4. The Morgan fingerprint density at radius 1 is 1.05 bits per heavy atom. The standard InChI is InChI=1S/C29H32N6O3/c1-29(2,3)28(37)34-20-11-9-18(10-12-20)24-22(23-25(30)32-16-33-26(23)35(24)4)17-5-7-19(8-6-17)27(36)31-15-21-13-14-38-21/h5-12,16,21H,13-15H2,1-4H3,(H,31,36)(H,34,37)(H2,30,32,33). The highest BCUT2D eigenvalue weighted by atomic mass is 16.5. The van der Waals surface area contributed by atoms with Crippen molar-refractivity contribution in [1.29, 1.82) is 0 Å². The van der Waals surface area contributed by atoms with Crippen LogP contribution in [0.15, 0.2) is 54.9 Å². The van der Waals surface area contributed by atoms with Crippen LogP contribution in [-0.2, 0) is 16.6 Å². The van der Waals surface area contributed by atoms with Gasteiger partial charge in [-0.3, -0.25) is 9.59 Å². The summed E-state index contributed by atoms with van der Waals surface area (Å²) in [6.45, 7) is 6.89. The summed E-state index contributed by atoms with van der Waals surface area (Å²) >= 11 is 0. The average Bonchev–Trinajstić information content (AvgIpc) is 3.16. The van der Waals surface area contributed by atoms with Gasteiger partial charge in [0.15, 0.2) is 0 Å². The number of amides is 2. The Kier molecular flexibility index (Phi) is 6.62. The molecule has 196 valence electrons. The van der Waals surface area contributed by atoms with Crippen molar-refractivity contribution in [3.05, 3.63) is 60.4 Å². The van der Waals surface area contributed by atoms with E-state index >= 15 is 0 Å². The fourth-order valence-corrected chi connectivity index (χ4v) is 4.47. The third kappa shape index (κ3) is 4.84. The summed E-state index contributed by atoms with van der Waals surface area (Å²) in [7, 11) is 1.94. The third-order valence-corrected chi connectivity index (χ3v) is 6.81. The molecule has 0 bridgehead atoms. The van der Waals surface area contributed by atoms with Gasteiger partial charge in [0.25, 0.3) is 5.91 Å². The number of nitrogens with one attached hydrogen (secondary N) is 2. The molecular weight excluding hydrogens is 480 g/mol. The topological polar surface area (TPSA) is 124 Å². The molecule has 38 heavy (non-hydrogen) atoms. The lowest BCUT2D eigenvalue weighted by molar-refractivity contribution is -0.123. The predicted octanol–water partition coefficient (Wildman–Crippen LogP) is 4.39. The SMILES string of the molecule is Cn1c(-c2ccc(NC(=O)C(C)(C)C)cc2)c(-c2ccc(C(=O)NCC3CCO3)cc2)c2c(N)ncnc21. The van der Waals surface area contributed by atoms with Crippen molar-refractivity contribution in [3.63, 3.8) is 0 Å². The number of benzene rings is 2. The van der Waals surface area contributed by atoms with Gasteiger partial charge in [0.05, 0.1) is 17.2 Å². The molecular formula is C29H32N6O3. The van der Waals surface area contributed by atoms with Gasteiger partial charge in [-0.15, -0.1) is 0 Å². The molecule has 9 nitrogen and oxygen atoms in total. The number of aryl methyl sites for hydroxylation is 1. The first-order chi connectivity index (χ1) is 18.1. The van der Waals surface area contributed by atoms with E-state index in [4.69, 9.17) is 10.5 Å². The van der Waals surface area contributed by atoms with E-state index in [1.165, 1.54) is 6.33 Å². The molecule has 1 unspecified atom stereocenters. The summed E-state index contributed by atoms with van der Waals surface area (Å²) in [4.78, 5) is 33.8. The molecule has 9 heteroatoms. The number of hydrogen-bond acceptors (Lipinski definition) is 6. The van der Waals surface area contributed by atoms with Gasteiger partial charge < -0.3 is 25.7 Å². The van der Waals surface area contributed by atoms with Gasteiger partial charge in [-0.05, 0) is 41.8 Å². The molecule has 0 spiro atoms. The Labute approximate surface area is 221 Å². The van der Waals surface area contributed by atoms with E-state index in [0.29, 0.717) is 23.6 Å². The molecule has 1 fully saturated rings. The lowest BCUT2D eigenvalue weighted by Gasteiger charge is -2.26. The fraction of sp³-hybridized carbons (Fsp3) is 0.310. The first-order valence-corrected chi connectivity index (χ1v) is 12.6. The van der Waals surface area contributed by atoms with Crippen molar-refractivity contribution in [2.24, 2.45) is 12.5 Å². The second-order valence-electron chi connectivity index (χ2n) is 10.6. The molecule has 4 N–H and O–H groups in total. The summed E-state index contributed by atoms with van der Waals surface area (Å²) < 4.78 is 7.37. The monoisotopic (exact) mass is 512 g/mol. The van der Waals surface area contributed by atoms with Gasteiger partial charge in [0.1, 0.15) is 17.8 Å². The number of nitrogens with two attached hydrogens (primary N) is 1. The number of nitrogens with zero attached hydrogens (tertiary/aromatic N) is 3. The minimum absolute atomic E-state index is 0.0528. The van der Waals surface area contributed by atoms with Crippen molar-refractivity contribution in [2.45, 2.75) is 33.3 Å². The van der Waals surface area contributed by atoms with Crippen molar-refractivity contribution >= 4 is 34.4 Å². The zero-order valence-corrected chi connectivity index (χ0v) is 22.0. The Balaban J connectivity index is 1.51. The summed E-state index contributed by atoms with van der Waals surface area (Å²) in [6, 6.07) is 15.1. The second kappa shape index (κ2) is 9.90. The molecule has 1 aliphatic rings. The van der Waals surface area contributed by atoms with Gasteiger partial charge >= 0.3 is 0 Å². The van der Waals surface area contributed by atoms with E-state index in [9.17, 15) is 9.59 Å². The Morgan fingerprint density at radius 3 is 2.32 bits per heavy atom. The molecule has 0 aliphatic carbocycles. The molecule has 3 heterocycles. The molecule has 0 radical (unpaired) electrons. The number of carbonyl (C=O) groups excluding carboxylic acids is 2. The molecule has 2 aromatic heterocycles. The van der Waals surface area contributed by atoms with Crippen LogP contribution < -0.4 is 16.4 Å². The molecule has 2 amide bonds. The summed E-state index contributed by atoms with van der Waals surface area (Å²) in [5.41, 5.74) is 11.4. The van der Waals surface area contributed by atoms with Crippen LogP contribution in [0.1, 0.15) is 37.6 Å². The zero-order chi connectivity index (χ0) is 27.0. The van der Waals surface area contributed by atoms with Crippen LogP contribution in [0.5, 0.6) is 0 Å². The number of carbonyl (C=O) groups is 2. The number of nitrogen functional groups attached to an aromatic ring is 1. The Bertz CT molecular complexity index is 1500. The van der Waals surface area contributed by atoms with Crippen LogP contribution in [0.2, 0.25) is 0 Å². The summed E-state index contributed by atoms with van der Waals surface area (Å²) in [6.07, 6.45) is 2.53. The lowest BCUT2D eigenvalue weighted by atomic mass is 9.95. The van der Waals surface area contributed by atoms with Crippen molar-refractivity contribution in [2.75, 3.05) is 24.2 Å². The van der Waals surface area contributed by atoms with Crippen LogP contribution >= 0.6 is 0 Å². The van der Waals surface area contributed by atoms with Gasteiger partial charge in [-0.1, -0.05) is 45.0 Å². The largest absolute Gasteiger partial charge is 0.383 e.